The number of carbonyl (C=O) groups excluding carboxylic acids is 2. The summed E-state index contributed by atoms with van der Waals surface area (Å²) in [7, 11) is 1.32. The maximum atomic E-state index is 13.5. The van der Waals surface area contributed by atoms with Crippen molar-refractivity contribution in [2.24, 2.45) is 0 Å². The number of carbonyl (C=O) groups is 2. The summed E-state index contributed by atoms with van der Waals surface area (Å²) in [4.78, 5) is 23.5. The number of nitriles is 1. The molecule has 0 aliphatic carbocycles. The molecular formula is C18H14FNO5. The Morgan fingerprint density at radius 3 is 2.44 bits per heavy atom. The average molecular weight is 343 g/mol. The Balaban J connectivity index is 1.81. The van der Waals surface area contributed by atoms with E-state index in [1.165, 1.54) is 31.4 Å². The molecular weight excluding hydrogens is 329 g/mol. The van der Waals surface area contributed by atoms with E-state index in [2.05, 4.69) is 0 Å². The first-order valence-corrected chi connectivity index (χ1v) is 7.19. The lowest BCUT2D eigenvalue weighted by molar-refractivity contribution is -0.144. The van der Waals surface area contributed by atoms with Crippen LogP contribution in [0.15, 0.2) is 42.5 Å². The summed E-state index contributed by atoms with van der Waals surface area (Å²) >= 11 is 0. The molecule has 25 heavy (non-hydrogen) atoms. The number of halogens is 1. The maximum Gasteiger partial charge on any atom is 0.344 e. The van der Waals surface area contributed by atoms with Crippen molar-refractivity contribution in [2.75, 3.05) is 20.3 Å². The molecule has 0 saturated carbocycles. The van der Waals surface area contributed by atoms with E-state index in [1.54, 1.807) is 12.1 Å². The van der Waals surface area contributed by atoms with E-state index in [0.717, 1.165) is 6.07 Å². The van der Waals surface area contributed by atoms with E-state index in [4.69, 9.17) is 19.5 Å². The normalized spacial score (nSPS) is 9.80. The minimum atomic E-state index is -0.744. The van der Waals surface area contributed by atoms with Gasteiger partial charge in [-0.05, 0) is 42.5 Å². The molecule has 0 fully saturated rings. The SMILES string of the molecule is COc1ccc(C(=O)COC(=O)COc2ccc(C#N)cc2)cc1F. The van der Waals surface area contributed by atoms with Gasteiger partial charge in [-0.15, -0.1) is 0 Å². The van der Waals surface area contributed by atoms with E-state index < -0.39 is 30.8 Å². The van der Waals surface area contributed by atoms with Crippen LogP contribution < -0.4 is 9.47 Å². The predicted molar refractivity (Wildman–Crippen MR) is 84.9 cm³/mol. The van der Waals surface area contributed by atoms with E-state index in [1.807, 2.05) is 6.07 Å². The number of Topliss-reactive ketones (excluding diaryl/α,β-unsaturated/α-hetero) is 1. The highest BCUT2D eigenvalue weighted by Gasteiger charge is 2.13. The first kappa shape index (κ1) is 17.9. The summed E-state index contributed by atoms with van der Waals surface area (Å²) in [5, 5.41) is 8.68. The summed E-state index contributed by atoms with van der Waals surface area (Å²) in [6.07, 6.45) is 0. The van der Waals surface area contributed by atoms with Gasteiger partial charge in [0, 0.05) is 5.56 Å². The minimum absolute atomic E-state index is 0.0179. The number of benzene rings is 2. The van der Waals surface area contributed by atoms with Crippen molar-refractivity contribution < 1.29 is 28.2 Å². The van der Waals surface area contributed by atoms with Crippen LogP contribution in [0, 0.1) is 17.1 Å². The largest absolute Gasteiger partial charge is 0.494 e. The third-order valence-corrected chi connectivity index (χ3v) is 3.18. The number of esters is 1. The van der Waals surface area contributed by atoms with Gasteiger partial charge in [0.1, 0.15) is 5.75 Å². The zero-order valence-corrected chi connectivity index (χ0v) is 13.3. The molecule has 0 aliphatic rings. The molecule has 0 bridgehead atoms. The molecule has 0 heterocycles. The van der Waals surface area contributed by atoms with Gasteiger partial charge in [-0.3, -0.25) is 4.79 Å². The van der Waals surface area contributed by atoms with Crippen molar-refractivity contribution in [1.29, 1.82) is 5.26 Å². The lowest BCUT2D eigenvalue weighted by Gasteiger charge is -2.07. The third kappa shape index (κ3) is 5.04. The number of hydrogen-bond donors (Lipinski definition) is 0. The van der Waals surface area contributed by atoms with Gasteiger partial charge in [0.05, 0.1) is 18.7 Å². The molecule has 7 heteroatoms. The molecule has 0 N–H and O–H groups in total. The Bertz CT molecular complexity index is 811. The summed E-state index contributed by atoms with van der Waals surface area (Å²) in [6.45, 7) is -0.919. The highest BCUT2D eigenvalue weighted by atomic mass is 19.1. The van der Waals surface area contributed by atoms with Crippen molar-refractivity contribution in [2.45, 2.75) is 0 Å². The fraction of sp³-hybridized carbons (Fsp3) is 0.167. The van der Waals surface area contributed by atoms with Crippen LogP contribution in [0.5, 0.6) is 11.5 Å². The molecule has 0 atom stereocenters. The molecule has 0 spiro atoms. The molecule has 0 aromatic heterocycles. The Morgan fingerprint density at radius 2 is 1.84 bits per heavy atom. The first-order valence-electron chi connectivity index (χ1n) is 7.19. The molecule has 0 radical (unpaired) electrons. The Morgan fingerprint density at radius 1 is 1.12 bits per heavy atom. The van der Waals surface area contributed by atoms with E-state index >= 15 is 0 Å². The number of methoxy groups -OCH3 is 1. The van der Waals surface area contributed by atoms with Gasteiger partial charge in [-0.25, -0.2) is 9.18 Å². The molecule has 128 valence electrons. The molecule has 0 amide bonds. The molecule has 2 aromatic carbocycles. The van der Waals surface area contributed by atoms with Crippen molar-refractivity contribution in [3.05, 3.63) is 59.4 Å². The summed E-state index contributed by atoms with van der Waals surface area (Å²) < 4.78 is 28.3. The third-order valence-electron chi connectivity index (χ3n) is 3.18. The Labute approximate surface area is 143 Å². The summed E-state index contributed by atoms with van der Waals surface area (Å²) in [5.74, 6) is -1.56. The number of nitrogens with zero attached hydrogens (tertiary/aromatic N) is 1. The number of hydrogen-bond acceptors (Lipinski definition) is 6. The van der Waals surface area contributed by atoms with Crippen molar-refractivity contribution in [3.8, 4) is 17.6 Å². The molecule has 0 unspecified atom stereocenters. The Hall–Kier alpha value is -3.40. The predicted octanol–water partition coefficient (Wildman–Crippen LogP) is 2.51. The van der Waals surface area contributed by atoms with Crippen molar-refractivity contribution in [1.82, 2.24) is 0 Å². The first-order chi connectivity index (χ1) is 12.0. The van der Waals surface area contributed by atoms with Crippen LogP contribution in [0.25, 0.3) is 0 Å². The zero-order valence-electron chi connectivity index (χ0n) is 13.3. The van der Waals surface area contributed by atoms with Crippen LogP contribution in [0.4, 0.5) is 4.39 Å². The van der Waals surface area contributed by atoms with Gasteiger partial charge in [0.2, 0.25) is 0 Å². The lowest BCUT2D eigenvalue weighted by Crippen LogP contribution is -2.19. The summed E-state index contributed by atoms with van der Waals surface area (Å²) in [6, 6.07) is 11.8. The molecule has 6 nitrogen and oxygen atoms in total. The van der Waals surface area contributed by atoms with Gasteiger partial charge in [-0.1, -0.05) is 0 Å². The lowest BCUT2D eigenvalue weighted by atomic mass is 10.1. The van der Waals surface area contributed by atoms with Crippen LogP contribution in [-0.4, -0.2) is 32.1 Å². The maximum absolute atomic E-state index is 13.5. The minimum Gasteiger partial charge on any atom is -0.494 e. The van der Waals surface area contributed by atoms with Crippen molar-refractivity contribution in [3.63, 3.8) is 0 Å². The zero-order chi connectivity index (χ0) is 18.2. The fourth-order valence-corrected chi connectivity index (χ4v) is 1.88. The molecule has 2 rings (SSSR count). The fourth-order valence-electron chi connectivity index (χ4n) is 1.88. The number of ether oxygens (including phenoxy) is 3. The number of rotatable bonds is 7. The monoisotopic (exact) mass is 343 g/mol. The van der Waals surface area contributed by atoms with E-state index in [9.17, 15) is 14.0 Å². The Kier molecular flexibility index (Phi) is 6.07. The summed E-state index contributed by atoms with van der Waals surface area (Å²) in [5.41, 5.74) is 0.534. The second kappa shape index (κ2) is 8.45. The van der Waals surface area contributed by atoms with Gasteiger partial charge in [0.25, 0.3) is 0 Å². The highest BCUT2D eigenvalue weighted by molar-refractivity contribution is 5.98. The smallest absolute Gasteiger partial charge is 0.344 e. The number of ketones is 1. The topological polar surface area (TPSA) is 85.6 Å². The molecule has 2 aromatic rings. The molecule has 0 saturated heterocycles. The van der Waals surface area contributed by atoms with Gasteiger partial charge < -0.3 is 14.2 Å². The second-order valence-electron chi connectivity index (χ2n) is 4.86. The van der Waals surface area contributed by atoms with Gasteiger partial charge in [0.15, 0.2) is 30.6 Å². The quantitative estimate of drug-likeness (QED) is 0.567. The van der Waals surface area contributed by atoms with E-state index in [0.29, 0.717) is 11.3 Å². The van der Waals surface area contributed by atoms with Crippen LogP contribution in [0.2, 0.25) is 0 Å². The molecule has 0 aliphatic heterocycles. The van der Waals surface area contributed by atoms with Gasteiger partial charge >= 0.3 is 5.97 Å². The van der Waals surface area contributed by atoms with Crippen LogP contribution in [0.3, 0.4) is 0 Å². The second-order valence-corrected chi connectivity index (χ2v) is 4.86. The van der Waals surface area contributed by atoms with E-state index in [-0.39, 0.29) is 11.3 Å². The highest BCUT2D eigenvalue weighted by Crippen LogP contribution is 2.18. The van der Waals surface area contributed by atoms with Crippen LogP contribution in [0.1, 0.15) is 15.9 Å². The van der Waals surface area contributed by atoms with Gasteiger partial charge in [-0.2, -0.15) is 5.26 Å². The van der Waals surface area contributed by atoms with Crippen molar-refractivity contribution >= 4 is 11.8 Å². The van der Waals surface area contributed by atoms with Crippen LogP contribution in [-0.2, 0) is 9.53 Å². The standard InChI is InChI=1S/C18H14FNO5/c1-23-17-7-4-13(8-15(17)19)16(21)10-25-18(22)11-24-14-5-2-12(9-20)3-6-14/h2-8H,10-11H2,1H3. The average Bonchev–Trinajstić information content (AvgIpc) is 2.64. The van der Waals surface area contributed by atoms with Crippen LogP contribution >= 0.6 is 0 Å².